The molecule has 13 rings (SSSR count). The lowest BCUT2D eigenvalue weighted by Crippen LogP contribution is -2.65. The number of phenols is 1. The number of hydrogen-bond acceptors (Lipinski definition) is 13. The highest BCUT2D eigenvalue weighted by molar-refractivity contribution is 5.89. The molecule has 4 aliphatic heterocycles. The van der Waals surface area contributed by atoms with Crippen molar-refractivity contribution in [2.75, 3.05) is 11.9 Å². The lowest BCUT2D eigenvalue weighted by atomic mass is 9.48. The molecular weight excluding hydrogens is 1060 g/mol. The van der Waals surface area contributed by atoms with Crippen molar-refractivity contribution < 1.29 is 59.2 Å². The highest BCUT2D eigenvalue weighted by Gasteiger charge is 2.62. The van der Waals surface area contributed by atoms with Crippen LogP contribution >= 0.6 is 0 Å². The molecule has 0 unspecified atom stereocenters. The Hall–Kier alpha value is -5.07. The van der Waals surface area contributed by atoms with Crippen LogP contribution in [0.1, 0.15) is 211 Å². The van der Waals surface area contributed by atoms with Crippen LogP contribution in [0.2, 0.25) is 0 Å². The van der Waals surface area contributed by atoms with E-state index in [0.29, 0.717) is 69.8 Å². The number of carbonyl (C=O) groups excluding carboxylic acids is 3. The normalized spacial score (nSPS) is 35.7. The van der Waals surface area contributed by atoms with Gasteiger partial charge in [0.1, 0.15) is 40.7 Å². The van der Waals surface area contributed by atoms with E-state index in [1.54, 1.807) is 19.1 Å². The second kappa shape index (κ2) is 23.6. The molecule has 84 heavy (non-hydrogen) atoms. The molecule has 10 aliphatic rings. The van der Waals surface area contributed by atoms with E-state index in [1.807, 2.05) is 36.4 Å². The maximum Gasteiger partial charge on any atom is 0.334 e. The molecule has 13 nitrogen and oxygen atoms in total. The van der Waals surface area contributed by atoms with Crippen molar-refractivity contribution in [3.8, 4) is 23.3 Å². The van der Waals surface area contributed by atoms with Gasteiger partial charge < -0.3 is 50.2 Å². The molecule has 450 valence electrons. The number of benzene rings is 3. The molecule has 3 aromatic rings. The maximum absolute atomic E-state index is 15.9. The summed E-state index contributed by atoms with van der Waals surface area (Å²) in [6.07, 6.45) is 17.7. The first-order chi connectivity index (χ1) is 40.5. The number of rotatable bonds is 8. The van der Waals surface area contributed by atoms with Crippen LogP contribution < -0.4 is 10.1 Å². The number of ether oxygens (including phenoxy) is 3. The number of esters is 2. The number of aliphatic hydroxyl groups excluding tert-OH is 3. The van der Waals surface area contributed by atoms with Crippen LogP contribution in [-0.2, 0) is 49.7 Å². The van der Waals surface area contributed by atoms with Crippen molar-refractivity contribution in [1.82, 2.24) is 0 Å². The van der Waals surface area contributed by atoms with Crippen LogP contribution in [-0.4, -0.2) is 96.6 Å². The number of Topliss-reactive ketones (excluding diaryl/α,β-unsaturated/α-hetero) is 1. The van der Waals surface area contributed by atoms with Gasteiger partial charge in [-0.05, 0) is 190 Å². The quantitative estimate of drug-likeness (QED) is 0.0636. The number of hydrogen-bond donors (Lipinski definition) is 7. The molecule has 10 bridgehead atoms. The SMILES string of the molecule is C[C@@](O)(CNc1cc(CO)cc([C@H]2C#C[C@@H]3CC(=O)Oc4c3cc(c(O)c4C3CCCCC3)C[C@H]3OC(=O)/C(=C\[C@H](O)Cc4cccc(c4)C[C@@H]4C(=O)CC[C@@H]5[C@@H]4C[C@@H]4CCCC[C@H]4[C@]53O)C2)c1)[C@H](O)[C@@H]1CC[C@H]2CC3(CCCC3)CC[C@@H]2O1. The van der Waals surface area contributed by atoms with Crippen LogP contribution in [0.25, 0.3) is 0 Å². The third-order valence-corrected chi connectivity index (χ3v) is 23.0. The fourth-order valence-corrected chi connectivity index (χ4v) is 18.8. The summed E-state index contributed by atoms with van der Waals surface area (Å²) in [6, 6.07) is 15.4. The number of nitrogens with one attached hydrogen (secondary N) is 1. The summed E-state index contributed by atoms with van der Waals surface area (Å²) in [7, 11) is 0. The van der Waals surface area contributed by atoms with Crippen LogP contribution in [0.3, 0.4) is 0 Å². The third kappa shape index (κ3) is 11.2. The number of aromatic hydroxyl groups is 1. The van der Waals surface area contributed by atoms with Gasteiger partial charge in [0.25, 0.3) is 0 Å². The van der Waals surface area contributed by atoms with Gasteiger partial charge in [0.05, 0.1) is 37.3 Å². The van der Waals surface area contributed by atoms with Gasteiger partial charge in [0.2, 0.25) is 0 Å². The molecule has 7 fully saturated rings. The van der Waals surface area contributed by atoms with Gasteiger partial charge in [-0.1, -0.05) is 93.5 Å². The molecule has 15 atom stereocenters. The fraction of sp³-hybridized carbons (Fsp3) is 0.648. The zero-order chi connectivity index (χ0) is 58.1. The second-order valence-corrected chi connectivity index (χ2v) is 28.3. The van der Waals surface area contributed by atoms with Crippen molar-refractivity contribution in [2.45, 2.75) is 240 Å². The highest BCUT2D eigenvalue weighted by atomic mass is 16.6. The summed E-state index contributed by atoms with van der Waals surface area (Å²) in [4.78, 5) is 44.2. The average molecular weight is 1150 g/mol. The highest BCUT2D eigenvalue weighted by Crippen LogP contribution is 2.60. The van der Waals surface area contributed by atoms with E-state index >= 15 is 4.79 Å². The van der Waals surface area contributed by atoms with E-state index in [2.05, 4.69) is 23.2 Å². The van der Waals surface area contributed by atoms with Gasteiger partial charge in [-0.3, -0.25) is 9.59 Å². The van der Waals surface area contributed by atoms with Crippen LogP contribution in [0.4, 0.5) is 5.69 Å². The second-order valence-electron chi connectivity index (χ2n) is 28.3. The number of aliphatic hydroxyl groups is 5. The Kier molecular flexibility index (Phi) is 16.3. The number of anilines is 1. The van der Waals surface area contributed by atoms with Gasteiger partial charge in [-0.25, -0.2) is 4.79 Å². The monoisotopic (exact) mass is 1150 g/mol. The molecule has 6 aliphatic carbocycles. The van der Waals surface area contributed by atoms with Gasteiger partial charge in [0.15, 0.2) is 0 Å². The first-order valence-electron chi connectivity index (χ1n) is 32.6. The van der Waals surface area contributed by atoms with Crippen molar-refractivity contribution in [1.29, 1.82) is 0 Å². The maximum atomic E-state index is 15.9. The standard InChI is InChI=1S/C71H89NO12/c1-69(80,67(78)61-21-18-48-38-70(23-7-8-24-70)25-22-60(48)82-61)40-72-52-28-43(39-73)27-49(32-52)45-16-17-46-37-63(76)84-66-54(46)35-50(65(77)64(66)44-12-3-2-4-13-44)36-62-71(81)57-15-6-5-14-47(57)34-55-56(59(75)20-19-58(55)71)30-42-11-9-10-41(26-42)29-53(74)33-51(31-45)68(79)83-62/h9-11,26-28,32-33,35,44-48,53,55-58,60-62,67,72-74,77-78,80-81H,2-8,12-15,18-25,29-31,34,36-40H2,1H3/b51-33-/t45-,46+,47-,48-,53+,55+,56-,57+,58+,60-,61-,62+,67+,69+,71-/m0/s1. The Balaban J connectivity index is 0.905. The zero-order valence-corrected chi connectivity index (χ0v) is 49.2. The summed E-state index contributed by atoms with van der Waals surface area (Å²) >= 11 is 0. The summed E-state index contributed by atoms with van der Waals surface area (Å²) in [5.74, 6) is 4.04. The first-order valence-corrected chi connectivity index (χ1v) is 32.6. The van der Waals surface area contributed by atoms with E-state index < -0.39 is 65.3 Å². The van der Waals surface area contributed by atoms with Crippen LogP contribution in [0, 0.1) is 52.8 Å². The van der Waals surface area contributed by atoms with Gasteiger partial charge >= 0.3 is 11.9 Å². The fourth-order valence-electron chi connectivity index (χ4n) is 18.8. The Labute approximate surface area is 495 Å². The topological polar surface area (TPSA) is 212 Å². The minimum Gasteiger partial charge on any atom is -0.507 e. The number of carbonyl (C=O) groups is 3. The van der Waals surface area contributed by atoms with Gasteiger partial charge in [-0.15, -0.1) is 0 Å². The smallest absolute Gasteiger partial charge is 0.334 e. The van der Waals surface area contributed by atoms with Crippen LogP contribution in [0.15, 0.2) is 60.2 Å². The summed E-state index contributed by atoms with van der Waals surface area (Å²) in [5.41, 5.74) is 2.55. The van der Waals surface area contributed by atoms with Crippen molar-refractivity contribution >= 4 is 23.4 Å². The number of ketones is 1. The largest absolute Gasteiger partial charge is 0.507 e. The lowest BCUT2D eigenvalue weighted by molar-refractivity contribution is -0.228. The molecule has 0 radical (unpaired) electrons. The predicted molar refractivity (Wildman–Crippen MR) is 317 cm³/mol. The van der Waals surface area contributed by atoms with Crippen molar-refractivity contribution in [3.05, 3.63) is 99.1 Å². The molecule has 7 N–H and O–H groups in total. The molecule has 0 amide bonds. The number of phenolic OH excluding ortho intramolecular Hbond substituents is 1. The Morgan fingerprint density at radius 3 is 2.38 bits per heavy atom. The number of fused-ring (bicyclic) bond motifs is 10. The Bertz CT molecular complexity index is 3090. The van der Waals surface area contributed by atoms with Crippen LogP contribution in [0.5, 0.6) is 11.5 Å². The summed E-state index contributed by atoms with van der Waals surface area (Å²) in [5, 5.41) is 77.8. The Morgan fingerprint density at radius 1 is 0.798 bits per heavy atom. The molecule has 1 saturated heterocycles. The minimum absolute atomic E-state index is 0.0198. The Morgan fingerprint density at radius 2 is 1.57 bits per heavy atom. The molecule has 13 heteroatoms. The molecule has 1 spiro atoms. The minimum atomic E-state index is -1.62. The average Bonchev–Trinajstić information content (AvgIpc) is 1.44. The molecular formula is C71H89NO12. The van der Waals surface area contributed by atoms with E-state index in [0.717, 1.165) is 94.6 Å². The van der Waals surface area contributed by atoms with Gasteiger partial charge in [0, 0.05) is 60.0 Å². The van der Waals surface area contributed by atoms with Crippen molar-refractivity contribution in [3.63, 3.8) is 0 Å². The molecule has 6 saturated carbocycles. The molecule has 0 aromatic heterocycles. The summed E-state index contributed by atoms with van der Waals surface area (Å²) in [6.45, 7) is 1.22. The van der Waals surface area contributed by atoms with Gasteiger partial charge in [-0.2, -0.15) is 0 Å². The molecule has 4 heterocycles. The van der Waals surface area contributed by atoms with Crippen molar-refractivity contribution in [2.24, 2.45) is 40.9 Å². The van der Waals surface area contributed by atoms with E-state index in [4.69, 9.17) is 14.2 Å². The lowest BCUT2D eigenvalue weighted by Gasteiger charge is -2.59. The van der Waals surface area contributed by atoms with E-state index in [9.17, 15) is 40.2 Å². The van der Waals surface area contributed by atoms with E-state index in [1.165, 1.54) is 32.1 Å². The third-order valence-electron chi connectivity index (χ3n) is 23.0. The molecule has 3 aromatic carbocycles. The first kappa shape index (κ1) is 58.0. The van der Waals surface area contributed by atoms with E-state index in [-0.39, 0.29) is 98.1 Å². The summed E-state index contributed by atoms with van der Waals surface area (Å²) < 4.78 is 19.9. The predicted octanol–water partition coefficient (Wildman–Crippen LogP) is 10.6. The zero-order valence-electron chi connectivity index (χ0n) is 49.2.